The Bertz CT molecular complexity index is 161. The molecule has 0 heterocycles. The van der Waals surface area contributed by atoms with E-state index in [1.165, 1.54) is 18.2 Å². The van der Waals surface area contributed by atoms with Gasteiger partial charge in [-0.15, -0.1) is 0 Å². The van der Waals surface area contributed by atoms with Crippen molar-refractivity contribution in [1.82, 2.24) is 0 Å². The van der Waals surface area contributed by atoms with Gasteiger partial charge in [-0.2, -0.15) is 0 Å². The first-order valence-electron chi connectivity index (χ1n) is 3.70. The topological polar surface area (TPSA) is 17.1 Å². The SMILES string of the molecule is CCSC(=O)C1=CCCC1. The van der Waals surface area contributed by atoms with Crippen LogP contribution in [0.5, 0.6) is 0 Å². The van der Waals surface area contributed by atoms with Crippen molar-refractivity contribution in [2.45, 2.75) is 26.2 Å². The first-order valence-corrected chi connectivity index (χ1v) is 4.69. The van der Waals surface area contributed by atoms with Crippen LogP contribution in [0.15, 0.2) is 11.6 Å². The van der Waals surface area contributed by atoms with Crippen LogP contribution in [0.2, 0.25) is 0 Å². The average molecular weight is 156 g/mol. The van der Waals surface area contributed by atoms with Crippen molar-refractivity contribution < 1.29 is 4.79 Å². The molecule has 56 valence electrons. The second-order valence-electron chi connectivity index (χ2n) is 2.34. The van der Waals surface area contributed by atoms with Gasteiger partial charge in [0.2, 0.25) is 5.12 Å². The van der Waals surface area contributed by atoms with Crippen LogP contribution in [0.25, 0.3) is 0 Å². The van der Waals surface area contributed by atoms with E-state index in [-0.39, 0.29) is 0 Å². The Morgan fingerprint density at radius 3 is 3.10 bits per heavy atom. The summed E-state index contributed by atoms with van der Waals surface area (Å²) in [4.78, 5) is 11.1. The molecule has 1 rings (SSSR count). The highest BCUT2D eigenvalue weighted by Crippen LogP contribution is 2.22. The molecule has 0 fully saturated rings. The van der Waals surface area contributed by atoms with Gasteiger partial charge in [0.1, 0.15) is 0 Å². The monoisotopic (exact) mass is 156 g/mol. The second-order valence-corrected chi connectivity index (χ2v) is 3.58. The predicted molar refractivity (Wildman–Crippen MR) is 45.1 cm³/mol. The third-order valence-corrected chi connectivity index (χ3v) is 2.39. The number of rotatable bonds is 2. The Hall–Kier alpha value is -0.240. The predicted octanol–water partition coefficient (Wildman–Crippen LogP) is 2.38. The Morgan fingerprint density at radius 1 is 1.80 bits per heavy atom. The van der Waals surface area contributed by atoms with E-state index in [4.69, 9.17) is 0 Å². The van der Waals surface area contributed by atoms with Crippen LogP contribution < -0.4 is 0 Å². The van der Waals surface area contributed by atoms with Crippen molar-refractivity contribution in [3.8, 4) is 0 Å². The number of thioether (sulfide) groups is 1. The molecule has 0 bridgehead atoms. The lowest BCUT2D eigenvalue weighted by molar-refractivity contribution is -0.107. The summed E-state index contributed by atoms with van der Waals surface area (Å²) in [6, 6.07) is 0. The summed E-state index contributed by atoms with van der Waals surface area (Å²) in [5.74, 6) is 0.899. The van der Waals surface area contributed by atoms with Gasteiger partial charge in [-0.25, -0.2) is 0 Å². The molecule has 10 heavy (non-hydrogen) atoms. The van der Waals surface area contributed by atoms with Crippen LogP contribution in [0, 0.1) is 0 Å². The Balaban J connectivity index is 2.40. The lowest BCUT2D eigenvalue weighted by Gasteiger charge is -1.95. The molecular weight excluding hydrogens is 144 g/mol. The molecule has 0 aromatic carbocycles. The van der Waals surface area contributed by atoms with Crippen LogP contribution in [0.3, 0.4) is 0 Å². The maximum atomic E-state index is 11.1. The van der Waals surface area contributed by atoms with Crippen LogP contribution >= 0.6 is 11.8 Å². The largest absolute Gasteiger partial charge is 0.282 e. The van der Waals surface area contributed by atoms with Crippen molar-refractivity contribution in [1.29, 1.82) is 0 Å². The minimum absolute atomic E-state index is 0.292. The van der Waals surface area contributed by atoms with Crippen molar-refractivity contribution in [2.75, 3.05) is 5.75 Å². The highest BCUT2D eigenvalue weighted by molar-refractivity contribution is 8.14. The van der Waals surface area contributed by atoms with E-state index in [1.54, 1.807) is 0 Å². The van der Waals surface area contributed by atoms with Gasteiger partial charge in [-0.1, -0.05) is 24.8 Å². The van der Waals surface area contributed by atoms with Crippen molar-refractivity contribution in [3.05, 3.63) is 11.6 Å². The molecule has 0 radical (unpaired) electrons. The van der Waals surface area contributed by atoms with Crippen LogP contribution in [0.4, 0.5) is 0 Å². The number of hydrogen-bond donors (Lipinski definition) is 0. The molecule has 0 saturated carbocycles. The lowest BCUT2D eigenvalue weighted by Crippen LogP contribution is -1.93. The van der Waals surface area contributed by atoms with Gasteiger partial charge in [-0.05, 0) is 25.0 Å². The number of carbonyl (C=O) groups is 1. The molecule has 1 aliphatic rings. The third kappa shape index (κ3) is 1.87. The maximum absolute atomic E-state index is 11.1. The fourth-order valence-electron chi connectivity index (χ4n) is 1.08. The zero-order chi connectivity index (χ0) is 7.40. The minimum atomic E-state index is 0.292. The first-order chi connectivity index (χ1) is 4.84. The smallest absolute Gasteiger partial charge is 0.214 e. The molecule has 0 saturated heterocycles. The molecule has 0 aliphatic heterocycles. The van der Waals surface area contributed by atoms with E-state index in [0.29, 0.717) is 5.12 Å². The van der Waals surface area contributed by atoms with E-state index in [0.717, 1.165) is 24.2 Å². The molecule has 0 amide bonds. The van der Waals surface area contributed by atoms with Crippen LogP contribution in [-0.2, 0) is 4.79 Å². The van der Waals surface area contributed by atoms with Gasteiger partial charge in [0.15, 0.2) is 0 Å². The fourth-order valence-corrected chi connectivity index (χ4v) is 1.71. The van der Waals surface area contributed by atoms with E-state index < -0.39 is 0 Å². The highest BCUT2D eigenvalue weighted by Gasteiger charge is 2.11. The second kappa shape index (κ2) is 3.81. The minimum Gasteiger partial charge on any atom is -0.282 e. The fraction of sp³-hybridized carbons (Fsp3) is 0.625. The normalized spacial score (nSPS) is 17.1. The van der Waals surface area contributed by atoms with Crippen LogP contribution in [-0.4, -0.2) is 10.9 Å². The van der Waals surface area contributed by atoms with E-state index in [1.807, 2.05) is 6.92 Å². The van der Waals surface area contributed by atoms with E-state index >= 15 is 0 Å². The summed E-state index contributed by atoms with van der Waals surface area (Å²) in [5, 5.41) is 0.292. The molecule has 0 aromatic rings. The van der Waals surface area contributed by atoms with Crippen molar-refractivity contribution in [2.24, 2.45) is 0 Å². The van der Waals surface area contributed by atoms with E-state index in [2.05, 4.69) is 6.08 Å². The summed E-state index contributed by atoms with van der Waals surface area (Å²) in [6.45, 7) is 2.01. The number of hydrogen-bond acceptors (Lipinski definition) is 2. The van der Waals surface area contributed by atoms with Gasteiger partial charge < -0.3 is 0 Å². The molecular formula is C8H12OS. The maximum Gasteiger partial charge on any atom is 0.214 e. The standard InChI is InChI=1S/C8H12OS/c1-2-10-8(9)7-5-3-4-6-7/h5H,2-4,6H2,1H3. The van der Waals surface area contributed by atoms with Gasteiger partial charge in [-0.3, -0.25) is 4.79 Å². The third-order valence-electron chi connectivity index (χ3n) is 1.58. The molecule has 2 heteroatoms. The molecule has 0 spiro atoms. The Labute approximate surface area is 65.9 Å². The summed E-state index contributed by atoms with van der Waals surface area (Å²) < 4.78 is 0. The van der Waals surface area contributed by atoms with Gasteiger partial charge in [0, 0.05) is 5.57 Å². The Kier molecular flexibility index (Phi) is 3.00. The summed E-state index contributed by atoms with van der Waals surface area (Å²) in [7, 11) is 0. The Morgan fingerprint density at radius 2 is 2.60 bits per heavy atom. The van der Waals surface area contributed by atoms with Gasteiger partial charge in [0.25, 0.3) is 0 Å². The first kappa shape index (κ1) is 7.86. The molecule has 0 atom stereocenters. The molecule has 0 unspecified atom stereocenters. The lowest BCUT2D eigenvalue weighted by atomic mass is 10.3. The van der Waals surface area contributed by atoms with E-state index in [9.17, 15) is 4.79 Å². The number of allylic oxidation sites excluding steroid dienone is 1. The van der Waals surface area contributed by atoms with Gasteiger partial charge in [0.05, 0.1) is 0 Å². The van der Waals surface area contributed by atoms with Crippen LogP contribution in [0.1, 0.15) is 26.2 Å². The quantitative estimate of drug-likeness (QED) is 0.610. The van der Waals surface area contributed by atoms with Gasteiger partial charge >= 0.3 is 0 Å². The molecule has 0 aromatic heterocycles. The molecule has 1 aliphatic carbocycles. The zero-order valence-corrected chi connectivity index (χ0v) is 7.04. The molecule has 1 nitrogen and oxygen atoms in total. The average Bonchev–Trinajstić information content (AvgIpc) is 2.38. The summed E-state index contributed by atoms with van der Waals surface area (Å²) in [6.07, 6.45) is 5.35. The van der Waals surface area contributed by atoms with Crippen molar-refractivity contribution in [3.63, 3.8) is 0 Å². The summed E-state index contributed by atoms with van der Waals surface area (Å²) in [5.41, 5.74) is 1.05. The zero-order valence-electron chi connectivity index (χ0n) is 6.22. The summed E-state index contributed by atoms with van der Waals surface area (Å²) >= 11 is 1.42. The highest BCUT2D eigenvalue weighted by atomic mass is 32.2. The number of carbonyl (C=O) groups excluding carboxylic acids is 1. The molecule has 0 N–H and O–H groups in total. The van der Waals surface area contributed by atoms with Crippen molar-refractivity contribution >= 4 is 16.9 Å².